The quantitative estimate of drug-likeness (QED) is 0.384. The molecule has 0 unspecified atom stereocenters. The number of benzene rings is 1. The highest BCUT2D eigenvalue weighted by atomic mass is 32.2. The van der Waals surface area contributed by atoms with E-state index in [1.165, 1.54) is 13.2 Å². The van der Waals surface area contributed by atoms with Gasteiger partial charge in [0, 0.05) is 18.3 Å². The fourth-order valence-electron chi connectivity index (χ4n) is 4.98. The summed E-state index contributed by atoms with van der Waals surface area (Å²) in [6.45, 7) is 1.61. The van der Waals surface area contributed by atoms with Gasteiger partial charge in [0.2, 0.25) is 5.95 Å². The summed E-state index contributed by atoms with van der Waals surface area (Å²) in [5, 5.41) is 8.20. The standard InChI is InChI=1S/C25H31F4N7O4S/c1-36-9-7-14(8-10-36)31-23(37)15-11-21(40-2)20(12-17(15)26)33-24-30-13-16(25(27,28)29)22(34-24)32-18-5-3-4-6-19(18)35-41(38)39/h11-14,18-19H,3-10H2,1-2H3,(H,31,37)(H2,30,32,33,34)/t18-,19-/m1/s1. The topological polar surface area (TPSA) is 138 Å². The van der Waals surface area contributed by atoms with Crippen molar-refractivity contribution in [1.29, 1.82) is 0 Å². The molecule has 1 aromatic heterocycles. The van der Waals surface area contributed by atoms with Gasteiger partial charge in [0.05, 0.1) is 30.4 Å². The minimum Gasteiger partial charge on any atom is -0.495 e. The molecule has 0 bridgehead atoms. The molecule has 2 aliphatic rings. The Bertz CT molecular complexity index is 1390. The summed E-state index contributed by atoms with van der Waals surface area (Å²) in [6, 6.07) is 0.619. The number of likely N-dealkylation sites (tertiary alicyclic amines) is 1. The average Bonchev–Trinajstić information content (AvgIpc) is 2.90. The second kappa shape index (κ2) is 13.0. The number of alkyl halides is 3. The van der Waals surface area contributed by atoms with Gasteiger partial charge >= 0.3 is 16.7 Å². The molecule has 1 aliphatic heterocycles. The number of rotatable bonds is 8. The van der Waals surface area contributed by atoms with Gasteiger partial charge in [0.1, 0.15) is 22.9 Å². The summed E-state index contributed by atoms with van der Waals surface area (Å²) in [5.74, 6) is -2.32. The summed E-state index contributed by atoms with van der Waals surface area (Å²) < 4.78 is 87.6. The highest BCUT2D eigenvalue weighted by Crippen LogP contribution is 2.37. The number of carbonyl (C=O) groups excluding carboxylic acids is 1. The van der Waals surface area contributed by atoms with Gasteiger partial charge in [-0.25, -0.2) is 9.37 Å². The Morgan fingerprint density at radius 3 is 2.51 bits per heavy atom. The summed E-state index contributed by atoms with van der Waals surface area (Å²) in [7, 11) is 0.554. The molecule has 0 spiro atoms. The van der Waals surface area contributed by atoms with Crippen molar-refractivity contribution in [2.24, 2.45) is 4.36 Å². The fraction of sp³-hybridized carbons (Fsp3) is 0.560. The van der Waals surface area contributed by atoms with E-state index in [1.807, 2.05) is 7.05 Å². The Morgan fingerprint density at radius 2 is 1.85 bits per heavy atom. The number of anilines is 3. The number of piperidine rings is 1. The Morgan fingerprint density at radius 1 is 1.15 bits per heavy atom. The number of hydrogen-bond acceptors (Lipinski definition) is 10. The summed E-state index contributed by atoms with van der Waals surface area (Å²) in [5.41, 5.74) is -1.42. The van der Waals surface area contributed by atoms with Crippen molar-refractivity contribution in [2.75, 3.05) is 37.9 Å². The fourth-order valence-corrected chi connectivity index (χ4v) is 5.46. The molecule has 41 heavy (non-hydrogen) atoms. The maximum atomic E-state index is 15.1. The van der Waals surface area contributed by atoms with E-state index in [0.29, 0.717) is 31.9 Å². The number of nitrogens with one attached hydrogen (secondary N) is 3. The number of ether oxygens (including phenoxy) is 1. The van der Waals surface area contributed by atoms with Gasteiger partial charge in [-0.15, -0.1) is 0 Å². The normalized spacial score (nSPS) is 20.2. The lowest BCUT2D eigenvalue weighted by Gasteiger charge is -2.29. The lowest BCUT2D eigenvalue weighted by Crippen LogP contribution is -2.43. The first kappa shape index (κ1) is 30.4. The van der Waals surface area contributed by atoms with Crippen LogP contribution >= 0.6 is 0 Å². The maximum Gasteiger partial charge on any atom is 0.421 e. The number of nitrogens with zero attached hydrogens (tertiary/aromatic N) is 4. The smallest absolute Gasteiger partial charge is 0.421 e. The van der Waals surface area contributed by atoms with Gasteiger partial charge in [-0.2, -0.15) is 30.9 Å². The van der Waals surface area contributed by atoms with Crippen LogP contribution in [-0.2, 0) is 16.7 Å². The van der Waals surface area contributed by atoms with E-state index in [-0.39, 0.29) is 29.0 Å². The van der Waals surface area contributed by atoms with E-state index in [4.69, 9.17) is 4.74 Å². The van der Waals surface area contributed by atoms with Gasteiger partial charge in [-0.05, 0) is 51.9 Å². The third-order valence-corrected chi connectivity index (χ3v) is 7.64. The molecule has 4 rings (SSSR count). The summed E-state index contributed by atoms with van der Waals surface area (Å²) in [4.78, 5) is 22.6. The summed E-state index contributed by atoms with van der Waals surface area (Å²) >= 11 is 0. The number of halogens is 4. The largest absolute Gasteiger partial charge is 0.495 e. The first-order valence-corrected chi connectivity index (χ1v) is 14.1. The van der Waals surface area contributed by atoms with Crippen LogP contribution in [0.3, 0.4) is 0 Å². The first-order chi connectivity index (χ1) is 19.4. The molecule has 1 aliphatic carbocycles. The lowest BCUT2D eigenvalue weighted by atomic mass is 9.91. The molecule has 224 valence electrons. The Balaban J connectivity index is 1.59. The maximum absolute atomic E-state index is 15.1. The number of carbonyl (C=O) groups is 1. The zero-order valence-electron chi connectivity index (χ0n) is 22.5. The zero-order valence-corrected chi connectivity index (χ0v) is 23.3. The highest BCUT2D eigenvalue weighted by Gasteiger charge is 2.37. The van der Waals surface area contributed by atoms with Gasteiger partial charge in [-0.1, -0.05) is 12.8 Å². The molecule has 2 heterocycles. The lowest BCUT2D eigenvalue weighted by molar-refractivity contribution is -0.137. The zero-order chi connectivity index (χ0) is 29.7. The van der Waals surface area contributed by atoms with Crippen LogP contribution in [0.4, 0.5) is 35.0 Å². The Labute approximate surface area is 235 Å². The molecule has 16 heteroatoms. The van der Waals surface area contributed by atoms with Crippen molar-refractivity contribution in [2.45, 2.75) is 62.8 Å². The number of amides is 1. The Kier molecular flexibility index (Phi) is 9.63. The molecule has 1 aromatic carbocycles. The number of hydrogen-bond donors (Lipinski definition) is 3. The highest BCUT2D eigenvalue weighted by molar-refractivity contribution is 7.61. The van der Waals surface area contributed by atoms with Crippen molar-refractivity contribution < 1.29 is 35.5 Å². The summed E-state index contributed by atoms with van der Waals surface area (Å²) in [6.07, 6.45) is -0.655. The molecular weight excluding hydrogens is 570 g/mol. The van der Waals surface area contributed by atoms with E-state index in [2.05, 4.69) is 35.2 Å². The van der Waals surface area contributed by atoms with Crippen LogP contribution in [-0.4, -0.2) is 74.6 Å². The van der Waals surface area contributed by atoms with Crippen molar-refractivity contribution in [3.05, 3.63) is 35.3 Å². The van der Waals surface area contributed by atoms with Crippen molar-refractivity contribution >= 4 is 33.9 Å². The van der Waals surface area contributed by atoms with Crippen molar-refractivity contribution in [3.8, 4) is 5.75 Å². The minimum absolute atomic E-state index is 0.0150. The van der Waals surface area contributed by atoms with Gasteiger partial charge < -0.3 is 25.6 Å². The molecular formula is C25H31F4N7O4S. The van der Waals surface area contributed by atoms with Crippen LogP contribution in [0.5, 0.6) is 5.75 Å². The molecule has 11 nitrogen and oxygen atoms in total. The molecule has 1 amide bonds. The van der Waals surface area contributed by atoms with Crippen LogP contribution in [0.2, 0.25) is 0 Å². The van der Waals surface area contributed by atoms with Crippen LogP contribution in [0, 0.1) is 5.82 Å². The average molecular weight is 602 g/mol. The predicted octanol–water partition coefficient (Wildman–Crippen LogP) is 4.00. The molecule has 3 N–H and O–H groups in total. The second-order valence-electron chi connectivity index (χ2n) is 10.1. The van der Waals surface area contributed by atoms with E-state index in [0.717, 1.165) is 32.0 Å². The molecule has 2 aromatic rings. The SMILES string of the molecule is COc1cc(C(=O)NC2CCN(C)CC2)c(F)cc1Nc1ncc(C(F)(F)F)c(N[C@@H]2CCCC[C@H]2N=S(=O)=O)n1. The third-order valence-electron chi connectivity index (χ3n) is 7.20. The van der Waals surface area contributed by atoms with Crippen molar-refractivity contribution in [3.63, 3.8) is 0 Å². The monoisotopic (exact) mass is 601 g/mol. The van der Waals surface area contributed by atoms with Crippen LogP contribution in [0.15, 0.2) is 22.7 Å². The van der Waals surface area contributed by atoms with Crippen LogP contribution in [0.25, 0.3) is 0 Å². The molecule has 1 saturated heterocycles. The minimum atomic E-state index is -4.81. The van der Waals surface area contributed by atoms with Crippen LogP contribution in [0.1, 0.15) is 54.4 Å². The van der Waals surface area contributed by atoms with Gasteiger partial charge in [0.15, 0.2) is 0 Å². The van der Waals surface area contributed by atoms with Gasteiger partial charge in [-0.3, -0.25) is 4.79 Å². The molecule has 0 radical (unpaired) electrons. The van der Waals surface area contributed by atoms with Gasteiger partial charge in [0.25, 0.3) is 5.91 Å². The molecule has 2 atom stereocenters. The Hall–Kier alpha value is -3.53. The number of aromatic nitrogens is 2. The third kappa shape index (κ3) is 7.81. The first-order valence-electron chi connectivity index (χ1n) is 13.1. The molecule has 1 saturated carbocycles. The van der Waals surface area contributed by atoms with Crippen molar-refractivity contribution in [1.82, 2.24) is 20.2 Å². The van der Waals surface area contributed by atoms with E-state index < -0.39 is 51.9 Å². The number of methoxy groups -OCH3 is 1. The molecule has 2 fully saturated rings. The van der Waals surface area contributed by atoms with Crippen LogP contribution < -0.4 is 20.7 Å². The van der Waals surface area contributed by atoms with E-state index in [1.54, 1.807) is 0 Å². The van der Waals surface area contributed by atoms with E-state index in [9.17, 15) is 26.4 Å². The van der Waals surface area contributed by atoms with E-state index >= 15 is 4.39 Å². The predicted molar refractivity (Wildman–Crippen MR) is 142 cm³/mol. The second-order valence-corrected chi connectivity index (χ2v) is 10.7.